The van der Waals surface area contributed by atoms with Crippen molar-refractivity contribution in [2.45, 2.75) is 50.9 Å². The molecule has 5 rings (SSSR count). The molecule has 2 aromatic carbocycles. The summed E-state index contributed by atoms with van der Waals surface area (Å²) in [6.07, 6.45) is 0. The minimum atomic E-state index is -3.48. The lowest BCUT2D eigenvalue weighted by Gasteiger charge is -2.24. The number of fused-ring (bicyclic) bond motifs is 2. The van der Waals surface area contributed by atoms with Crippen LogP contribution in [0.25, 0.3) is 10.9 Å². The molecule has 36 heavy (non-hydrogen) atoms. The second-order valence-electron chi connectivity index (χ2n) is 9.78. The van der Waals surface area contributed by atoms with Crippen LogP contribution in [-0.2, 0) is 25.8 Å². The van der Waals surface area contributed by atoms with E-state index in [0.717, 1.165) is 6.07 Å². The zero-order chi connectivity index (χ0) is 26.2. The lowest BCUT2D eigenvalue weighted by Crippen LogP contribution is -2.37. The predicted molar refractivity (Wildman–Crippen MR) is 129 cm³/mol. The first-order valence-corrected chi connectivity index (χ1v) is 11.6. The first kappa shape index (κ1) is 24.5. The number of nitrogens with one attached hydrogen (secondary N) is 1. The first-order valence-electron chi connectivity index (χ1n) is 11.6. The summed E-state index contributed by atoms with van der Waals surface area (Å²) in [5.41, 5.74) is -1.58. The fourth-order valence-electron chi connectivity index (χ4n) is 4.78. The molecule has 1 N–H and O–H groups in total. The number of carbonyl (C=O) groups is 1. The van der Waals surface area contributed by atoms with Crippen molar-refractivity contribution < 1.29 is 27.4 Å². The number of rotatable bonds is 6. The highest BCUT2D eigenvalue weighted by molar-refractivity contribution is 6.09. The summed E-state index contributed by atoms with van der Waals surface area (Å²) in [7, 11) is 3.14. The van der Waals surface area contributed by atoms with E-state index in [4.69, 9.17) is 9.47 Å². The second kappa shape index (κ2) is 7.88. The Morgan fingerprint density at radius 3 is 2.58 bits per heavy atom. The Bertz CT molecular complexity index is 1410. The van der Waals surface area contributed by atoms with Crippen LogP contribution < -0.4 is 10.2 Å². The van der Waals surface area contributed by atoms with E-state index in [1.807, 2.05) is 0 Å². The number of ether oxygens (including phenoxy) is 2. The number of hydrogen-bond acceptors (Lipinski definition) is 6. The van der Waals surface area contributed by atoms with E-state index in [1.54, 1.807) is 40.0 Å². The fourth-order valence-corrected chi connectivity index (χ4v) is 4.78. The Kier molecular flexibility index (Phi) is 5.35. The number of methoxy groups -OCH3 is 1. The molecule has 0 spiro atoms. The van der Waals surface area contributed by atoms with Crippen molar-refractivity contribution in [2.75, 3.05) is 31.0 Å². The number of hydrogen-bond donors (Lipinski definition) is 1. The third kappa shape index (κ3) is 3.38. The molecule has 2 aliphatic heterocycles. The molecule has 0 radical (unpaired) electrons. The Labute approximate surface area is 206 Å². The number of anilines is 2. The smallest absolute Gasteiger partial charge is 0.306 e. The topological polar surface area (TPSA) is 79.9 Å². The van der Waals surface area contributed by atoms with Gasteiger partial charge in [-0.05, 0) is 45.9 Å². The molecule has 190 valence electrons. The first-order chi connectivity index (χ1) is 16.8. The number of likely N-dealkylation sites (N-methyl/N-ethyl adjacent to an activating group) is 1. The van der Waals surface area contributed by atoms with Crippen molar-refractivity contribution in [2.24, 2.45) is 0 Å². The number of carbonyl (C=O) groups excluding carboxylic acids is 1. The van der Waals surface area contributed by atoms with Crippen LogP contribution in [0.2, 0.25) is 0 Å². The van der Waals surface area contributed by atoms with E-state index < -0.39 is 34.5 Å². The molecule has 0 aliphatic carbocycles. The highest BCUT2D eigenvalue weighted by atomic mass is 19.3. The molecular weight excluding hydrogens is 473 g/mol. The standard InChI is InChI=1S/C26H27F3N4O3/c1-13(15-8-7-9-17(21(15)27)26(28,29)24(3)12-36-24)30-22-16-10-20-18(11-19(16)31-14(2)32-22)25(4,35-6)23(34)33(20)5/h7-11,13H,12H2,1-6H3,(H,30,31,32)/t13-,24?,25-/m1/s1. The molecule has 10 heteroatoms. The number of alkyl halides is 2. The number of amides is 1. The summed E-state index contributed by atoms with van der Waals surface area (Å²) in [6.45, 7) is 6.23. The van der Waals surface area contributed by atoms with Crippen molar-refractivity contribution in [3.05, 3.63) is 58.7 Å². The molecule has 3 aromatic rings. The van der Waals surface area contributed by atoms with Crippen LogP contribution in [0, 0.1) is 12.7 Å². The average Bonchev–Trinajstić information content (AvgIpc) is 3.57. The van der Waals surface area contributed by atoms with E-state index in [9.17, 15) is 13.6 Å². The SMILES string of the molecule is CO[C@@]1(C)C(=O)N(C)c2cc3c(N[C@H](C)c4cccc(C(F)(F)C5(C)CO5)c4F)nc(C)nc3cc21. The number of benzene rings is 2. The Hall–Kier alpha value is -3.24. The third-order valence-electron chi connectivity index (χ3n) is 7.35. The number of nitrogens with zero attached hydrogens (tertiary/aromatic N) is 3. The molecule has 7 nitrogen and oxygen atoms in total. The van der Waals surface area contributed by atoms with Gasteiger partial charge in [-0.2, -0.15) is 8.78 Å². The lowest BCUT2D eigenvalue weighted by molar-refractivity contribution is -0.137. The quantitative estimate of drug-likeness (QED) is 0.482. The normalized spacial score (nSPS) is 24.2. The average molecular weight is 501 g/mol. The van der Waals surface area contributed by atoms with Gasteiger partial charge in [0, 0.05) is 30.7 Å². The van der Waals surface area contributed by atoms with Gasteiger partial charge < -0.3 is 19.7 Å². The lowest BCUT2D eigenvalue weighted by atomic mass is 9.93. The van der Waals surface area contributed by atoms with E-state index in [0.29, 0.717) is 33.8 Å². The second-order valence-corrected chi connectivity index (χ2v) is 9.78. The van der Waals surface area contributed by atoms with Gasteiger partial charge in [-0.15, -0.1) is 0 Å². The third-order valence-corrected chi connectivity index (χ3v) is 7.35. The van der Waals surface area contributed by atoms with Gasteiger partial charge in [-0.3, -0.25) is 4.79 Å². The molecule has 2 aliphatic rings. The molecule has 1 saturated heterocycles. The molecule has 0 bridgehead atoms. The zero-order valence-electron chi connectivity index (χ0n) is 20.9. The molecule has 1 amide bonds. The molecular formula is C26H27F3N4O3. The number of aryl methyl sites for hydroxylation is 1. The maximum Gasteiger partial charge on any atom is 0.306 e. The van der Waals surface area contributed by atoms with Crippen LogP contribution in [-0.4, -0.2) is 42.2 Å². The van der Waals surface area contributed by atoms with Crippen LogP contribution in [0.15, 0.2) is 30.3 Å². The summed E-state index contributed by atoms with van der Waals surface area (Å²) in [6, 6.07) is 6.83. The van der Waals surface area contributed by atoms with Gasteiger partial charge in [0.2, 0.25) is 0 Å². The highest BCUT2D eigenvalue weighted by Crippen LogP contribution is 2.50. The molecule has 1 fully saturated rings. The summed E-state index contributed by atoms with van der Waals surface area (Å²) in [4.78, 5) is 23.4. The van der Waals surface area contributed by atoms with E-state index in [2.05, 4.69) is 15.3 Å². The number of halogens is 3. The van der Waals surface area contributed by atoms with Crippen LogP contribution in [0.1, 0.15) is 49.3 Å². The maximum atomic E-state index is 15.4. The molecule has 3 atom stereocenters. The van der Waals surface area contributed by atoms with Crippen LogP contribution in [0.3, 0.4) is 0 Å². The van der Waals surface area contributed by atoms with Gasteiger partial charge in [0.15, 0.2) is 11.2 Å². The zero-order valence-corrected chi connectivity index (χ0v) is 20.9. The van der Waals surface area contributed by atoms with E-state index in [-0.39, 0.29) is 18.1 Å². The number of epoxide rings is 1. The fraction of sp³-hybridized carbons (Fsp3) is 0.423. The van der Waals surface area contributed by atoms with Crippen molar-refractivity contribution in [1.82, 2.24) is 9.97 Å². The molecule has 3 heterocycles. The summed E-state index contributed by atoms with van der Waals surface area (Å²) in [5, 5.41) is 3.77. The van der Waals surface area contributed by atoms with Crippen LogP contribution in [0.5, 0.6) is 0 Å². The van der Waals surface area contributed by atoms with Crippen molar-refractivity contribution >= 4 is 28.3 Å². The molecule has 0 saturated carbocycles. The minimum absolute atomic E-state index is 0.0706. The van der Waals surface area contributed by atoms with Crippen molar-refractivity contribution in [3.63, 3.8) is 0 Å². The Morgan fingerprint density at radius 1 is 1.25 bits per heavy atom. The van der Waals surface area contributed by atoms with Crippen molar-refractivity contribution in [1.29, 1.82) is 0 Å². The molecule has 1 aromatic heterocycles. The van der Waals surface area contributed by atoms with Gasteiger partial charge in [0.1, 0.15) is 17.5 Å². The van der Waals surface area contributed by atoms with Crippen molar-refractivity contribution in [3.8, 4) is 0 Å². The maximum absolute atomic E-state index is 15.4. The van der Waals surface area contributed by atoms with Crippen LogP contribution >= 0.6 is 0 Å². The highest BCUT2D eigenvalue weighted by Gasteiger charge is 2.62. The Morgan fingerprint density at radius 2 is 1.94 bits per heavy atom. The van der Waals surface area contributed by atoms with Gasteiger partial charge in [0.05, 0.1) is 29.4 Å². The van der Waals surface area contributed by atoms with Crippen LogP contribution in [0.4, 0.5) is 24.7 Å². The van der Waals surface area contributed by atoms with E-state index >= 15 is 4.39 Å². The van der Waals surface area contributed by atoms with E-state index in [1.165, 1.54) is 31.1 Å². The summed E-state index contributed by atoms with van der Waals surface area (Å²) in [5.74, 6) is -3.83. The van der Waals surface area contributed by atoms with Gasteiger partial charge >= 0.3 is 5.92 Å². The minimum Gasteiger partial charge on any atom is -0.364 e. The monoisotopic (exact) mass is 500 g/mol. The predicted octanol–water partition coefficient (Wildman–Crippen LogP) is 4.97. The number of aromatic nitrogens is 2. The Balaban J connectivity index is 1.56. The largest absolute Gasteiger partial charge is 0.364 e. The summed E-state index contributed by atoms with van der Waals surface area (Å²) < 4.78 is 55.8. The molecule has 1 unspecified atom stereocenters. The van der Waals surface area contributed by atoms with Gasteiger partial charge in [-0.1, -0.05) is 12.1 Å². The van der Waals surface area contributed by atoms with Gasteiger partial charge in [-0.25, -0.2) is 14.4 Å². The summed E-state index contributed by atoms with van der Waals surface area (Å²) >= 11 is 0. The van der Waals surface area contributed by atoms with Gasteiger partial charge in [0.25, 0.3) is 5.91 Å².